The van der Waals surface area contributed by atoms with Crippen LogP contribution in [0, 0.1) is 10.1 Å². The first-order valence-corrected chi connectivity index (χ1v) is 5.88. The molecule has 0 unspecified atom stereocenters. The molecule has 0 aromatic heterocycles. The number of benzene rings is 1. The average molecular weight is 284 g/mol. The van der Waals surface area contributed by atoms with E-state index in [4.69, 9.17) is 14.9 Å². The van der Waals surface area contributed by atoms with E-state index in [1.54, 1.807) is 0 Å². The maximum atomic E-state index is 12.2. The van der Waals surface area contributed by atoms with E-state index in [1.807, 2.05) is 0 Å². The molecule has 2 N–H and O–H groups in total. The van der Waals surface area contributed by atoms with Gasteiger partial charge in [0.15, 0.2) is 5.75 Å². The van der Waals surface area contributed by atoms with Crippen LogP contribution in [0.2, 0.25) is 0 Å². The zero-order valence-corrected chi connectivity index (χ0v) is 11.0. The van der Waals surface area contributed by atoms with Crippen LogP contribution >= 0.6 is 0 Å². The largest absolute Gasteiger partial charge is 0.490 e. The minimum absolute atomic E-state index is 0.0196. The summed E-state index contributed by atoms with van der Waals surface area (Å²) < 4.78 is 4.89. The van der Waals surface area contributed by atoms with E-state index >= 15 is 0 Å². The predicted molar refractivity (Wildman–Crippen MR) is 69.7 cm³/mol. The maximum absolute atomic E-state index is 12.2. The summed E-state index contributed by atoms with van der Waals surface area (Å²) >= 11 is 0. The molecule has 0 atom stereocenters. The molecule has 0 aliphatic carbocycles. The normalized spacial score (nSPS) is 10.2. The Balaban J connectivity index is 3.06. The van der Waals surface area contributed by atoms with Gasteiger partial charge >= 0.3 is 5.69 Å². The van der Waals surface area contributed by atoms with Gasteiger partial charge in [-0.05, 0) is 6.07 Å². The number of ether oxygens (including phenoxy) is 1. The minimum Gasteiger partial charge on any atom is -0.490 e. The number of nitro benzene ring substituents is 1. The van der Waals surface area contributed by atoms with Gasteiger partial charge in [-0.1, -0.05) is 0 Å². The Morgan fingerprint density at radius 1 is 1.35 bits per heavy atom. The van der Waals surface area contributed by atoms with Crippen LogP contribution in [0.1, 0.15) is 10.4 Å². The number of carbonyl (C=O) groups is 1. The molecule has 0 aliphatic rings. The summed E-state index contributed by atoms with van der Waals surface area (Å²) in [4.78, 5) is 23.6. The minimum atomic E-state index is -0.605. The highest BCUT2D eigenvalue weighted by atomic mass is 16.6. The monoisotopic (exact) mass is 284 g/mol. The highest BCUT2D eigenvalue weighted by Crippen LogP contribution is 2.27. The summed E-state index contributed by atoms with van der Waals surface area (Å²) in [6.07, 6.45) is 0. The molecule has 1 amide bonds. The summed E-state index contributed by atoms with van der Waals surface area (Å²) in [5.74, 6) is -0.463. The SMILES string of the molecule is COc1cc(C(=O)N(CCO)CCO)ccc1[N+](=O)[O-]. The summed E-state index contributed by atoms with van der Waals surface area (Å²) in [5, 5.41) is 28.5. The van der Waals surface area contributed by atoms with Crippen molar-refractivity contribution in [3.8, 4) is 5.75 Å². The van der Waals surface area contributed by atoms with Crippen molar-refractivity contribution in [2.24, 2.45) is 0 Å². The Bertz CT molecular complexity index is 485. The Morgan fingerprint density at radius 3 is 2.40 bits per heavy atom. The number of nitro groups is 1. The summed E-state index contributed by atoms with van der Waals surface area (Å²) in [6.45, 7) is -0.344. The molecule has 0 aliphatic heterocycles. The topological polar surface area (TPSA) is 113 Å². The summed E-state index contributed by atoms with van der Waals surface area (Å²) in [6, 6.07) is 3.76. The molecule has 1 rings (SSSR count). The number of amides is 1. The van der Waals surface area contributed by atoms with Gasteiger partial charge in [0, 0.05) is 30.8 Å². The van der Waals surface area contributed by atoms with Crippen molar-refractivity contribution in [2.45, 2.75) is 0 Å². The highest BCUT2D eigenvalue weighted by Gasteiger charge is 2.20. The van der Waals surface area contributed by atoms with Crippen molar-refractivity contribution in [1.82, 2.24) is 4.90 Å². The molecule has 8 heteroatoms. The smallest absolute Gasteiger partial charge is 0.310 e. The van der Waals surface area contributed by atoms with Crippen LogP contribution in [-0.4, -0.2) is 59.4 Å². The van der Waals surface area contributed by atoms with Crippen molar-refractivity contribution in [1.29, 1.82) is 0 Å². The second-order valence-corrected chi connectivity index (χ2v) is 3.88. The van der Waals surface area contributed by atoms with E-state index < -0.39 is 10.8 Å². The number of hydrogen-bond donors (Lipinski definition) is 2. The number of rotatable bonds is 7. The second kappa shape index (κ2) is 7.41. The van der Waals surface area contributed by atoms with Gasteiger partial charge in [-0.3, -0.25) is 14.9 Å². The van der Waals surface area contributed by atoms with E-state index in [-0.39, 0.29) is 43.3 Å². The molecule has 0 heterocycles. The quantitative estimate of drug-likeness (QED) is 0.539. The molecule has 1 aromatic rings. The van der Waals surface area contributed by atoms with E-state index in [9.17, 15) is 14.9 Å². The molecule has 0 radical (unpaired) electrons. The van der Waals surface area contributed by atoms with Crippen molar-refractivity contribution < 1.29 is 24.7 Å². The van der Waals surface area contributed by atoms with Gasteiger partial charge in [-0.15, -0.1) is 0 Å². The molecule has 8 nitrogen and oxygen atoms in total. The Morgan fingerprint density at radius 2 is 1.95 bits per heavy atom. The van der Waals surface area contributed by atoms with Crippen LogP contribution in [0.3, 0.4) is 0 Å². The first kappa shape index (κ1) is 15.9. The lowest BCUT2D eigenvalue weighted by atomic mass is 10.1. The van der Waals surface area contributed by atoms with Gasteiger partial charge in [-0.25, -0.2) is 0 Å². The number of nitrogens with zero attached hydrogens (tertiary/aromatic N) is 2. The third-order valence-corrected chi connectivity index (χ3v) is 2.65. The zero-order valence-electron chi connectivity index (χ0n) is 11.0. The lowest BCUT2D eigenvalue weighted by Crippen LogP contribution is -2.35. The van der Waals surface area contributed by atoms with Crippen LogP contribution in [-0.2, 0) is 0 Å². The molecule has 0 saturated heterocycles. The molecule has 110 valence electrons. The lowest BCUT2D eigenvalue weighted by molar-refractivity contribution is -0.385. The van der Waals surface area contributed by atoms with Crippen LogP contribution in [0.4, 0.5) is 5.69 Å². The predicted octanol–water partition coefficient (Wildman–Crippen LogP) is 0.0302. The molecule has 0 saturated carbocycles. The Hall–Kier alpha value is -2.19. The first-order chi connectivity index (χ1) is 9.54. The second-order valence-electron chi connectivity index (χ2n) is 3.88. The van der Waals surface area contributed by atoms with Gasteiger partial charge in [0.25, 0.3) is 5.91 Å². The summed E-state index contributed by atoms with van der Waals surface area (Å²) in [5.41, 5.74) is -0.0470. The fraction of sp³-hybridized carbons (Fsp3) is 0.417. The molecular weight excluding hydrogens is 268 g/mol. The third-order valence-electron chi connectivity index (χ3n) is 2.65. The maximum Gasteiger partial charge on any atom is 0.310 e. The standard InChI is InChI=1S/C12H16N2O6/c1-20-11-8-9(2-3-10(11)14(18)19)12(17)13(4-6-15)5-7-16/h2-3,8,15-16H,4-7H2,1H3. The molecule has 20 heavy (non-hydrogen) atoms. The lowest BCUT2D eigenvalue weighted by Gasteiger charge is -2.20. The highest BCUT2D eigenvalue weighted by molar-refractivity contribution is 5.95. The zero-order chi connectivity index (χ0) is 15.1. The summed E-state index contributed by atoms with van der Waals surface area (Å²) in [7, 11) is 1.27. The van der Waals surface area contributed by atoms with Crippen molar-refractivity contribution >= 4 is 11.6 Å². The van der Waals surface area contributed by atoms with Crippen LogP contribution in [0.15, 0.2) is 18.2 Å². The van der Waals surface area contributed by atoms with Gasteiger partial charge < -0.3 is 19.8 Å². The first-order valence-electron chi connectivity index (χ1n) is 5.88. The van der Waals surface area contributed by atoms with E-state index in [1.165, 1.54) is 30.2 Å². The number of methoxy groups -OCH3 is 1. The molecular formula is C12H16N2O6. The van der Waals surface area contributed by atoms with Gasteiger partial charge in [0.05, 0.1) is 25.2 Å². The van der Waals surface area contributed by atoms with E-state index in [0.29, 0.717) is 0 Å². The molecule has 0 spiro atoms. The number of carbonyl (C=O) groups excluding carboxylic acids is 1. The Kier molecular flexibility index (Phi) is 5.88. The van der Waals surface area contributed by atoms with Gasteiger partial charge in [0.2, 0.25) is 0 Å². The van der Waals surface area contributed by atoms with E-state index in [0.717, 1.165) is 0 Å². The van der Waals surface area contributed by atoms with Gasteiger partial charge in [0.1, 0.15) is 0 Å². The van der Waals surface area contributed by atoms with Crippen LogP contribution in [0.5, 0.6) is 5.75 Å². The number of hydrogen-bond acceptors (Lipinski definition) is 6. The fourth-order valence-corrected chi connectivity index (χ4v) is 1.70. The van der Waals surface area contributed by atoms with Gasteiger partial charge in [-0.2, -0.15) is 0 Å². The Labute approximate surface area is 115 Å². The molecule has 0 bridgehead atoms. The molecule has 1 aromatic carbocycles. The van der Waals surface area contributed by atoms with Crippen molar-refractivity contribution in [3.05, 3.63) is 33.9 Å². The van der Waals surface area contributed by atoms with Crippen molar-refractivity contribution in [3.63, 3.8) is 0 Å². The number of aliphatic hydroxyl groups is 2. The third kappa shape index (κ3) is 3.65. The van der Waals surface area contributed by atoms with Crippen LogP contribution < -0.4 is 4.74 Å². The fourth-order valence-electron chi connectivity index (χ4n) is 1.70. The van der Waals surface area contributed by atoms with Crippen molar-refractivity contribution in [2.75, 3.05) is 33.4 Å². The molecule has 0 fully saturated rings. The van der Waals surface area contributed by atoms with E-state index in [2.05, 4.69) is 0 Å². The number of aliphatic hydroxyl groups excluding tert-OH is 2. The van der Waals surface area contributed by atoms with Crippen LogP contribution in [0.25, 0.3) is 0 Å². The average Bonchev–Trinajstić information content (AvgIpc) is 2.45.